The number of halogens is 1. The second-order valence-corrected chi connectivity index (χ2v) is 8.36. The summed E-state index contributed by atoms with van der Waals surface area (Å²) in [5, 5.41) is 2.78. The molecule has 158 valence electrons. The Morgan fingerprint density at radius 1 is 1.10 bits per heavy atom. The summed E-state index contributed by atoms with van der Waals surface area (Å²) in [5.41, 5.74) is 0.909. The summed E-state index contributed by atoms with van der Waals surface area (Å²) < 4.78 is 46.5. The zero-order valence-corrected chi connectivity index (χ0v) is 17.5. The molecule has 2 aromatic rings. The van der Waals surface area contributed by atoms with Crippen LogP contribution in [0.25, 0.3) is 0 Å². The first-order chi connectivity index (χ1) is 13.8. The number of carbonyl (C=O) groups is 1. The van der Waals surface area contributed by atoms with Crippen LogP contribution < -0.4 is 10.0 Å². The number of unbranched alkanes of at least 4 members (excludes halogenated alkanes) is 1. The van der Waals surface area contributed by atoms with Crippen molar-refractivity contribution in [2.45, 2.75) is 38.0 Å². The first kappa shape index (κ1) is 22.8. The van der Waals surface area contributed by atoms with Crippen molar-refractivity contribution >= 4 is 21.6 Å². The van der Waals surface area contributed by atoms with Gasteiger partial charge in [-0.2, -0.15) is 0 Å². The van der Waals surface area contributed by atoms with Crippen molar-refractivity contribution in [3.63, 3.8) is 0 Å². The fourth-order valence-corrected chi connectivity index (χ4v) is 3.57. The monoisotopic (exact) mass is 422 g/mol. The predicted molar refractivity (Wildman–Crippen MR) is 111 cm³/mol. The van der Waals surface area contributed by atoms with E-state index in [1.54, 1.807) is 19.1 Å². The van der Waals surface area contributed by atoms with Crippen LogP contribution in [0, 0.1) is 12.7 Å². The third kappa shape index (κ3) is 7.14. The molecule has 0 unspecified atom stereocenters. The number of carbonyl (C=O) groups excluding carboxylic acids is 1. The van der Waals surface area contributed by atoms with Gasteiger partial charge in [0.25, 0.3) is 15.9 Å². The Morgan fingerprint density at radius 3 is 2.59 bits per heavy atom. The van der Waals surface area contributed by atoms with Crippen LogP contribution in [0.5, 0.6) is 0 Å². The third-order valence-electron chi connectivity index (χ3n) is 4.22. The molecule has 29 heavy (non-hydrogen) atoms. The van der Waals surface area contributed by atoms with E-state index in [1.807, 2.05) is 0 Å². The number of benzene rings is 2. The van der Waals surface area contributed by atoms with Gasteiger partial charge in [-0.1, -0.05) is 25.5 Å². The van der Waals surface area contributed by atoms with Crippen LogP contribution in [0.2, 0.25) is 0 Å². The highest BCUT2D eigenvalue weighted by molar-refractivity contribution is 7.92. The molecule has 6 nitrogen and oxygen atoms in total. The van der Waals surface area contributed by atoms with Crippen LogP contribution in [-0.4, -0.2) is 34.1 Å². The number of hydrogen-bond donors (Lipinski definition) is 2. The van der Waals surface area contributed by atoms with Crippen molar-refractivity contribution in [1.29, 1.82) is 0 Å². The van der Waals surface area contributed by atoms with Gasteiger partial charge in [-0.25, -0.2) is 12.8 Å². The van der Waals surface area contributed by atoms with Gasteiger partial charge in [-0.3, -0.25) is 9.52 Å². The Bertz CT molecular complexity index is 932. The minimum atomic E-state index is -3.97. The van der Waals surface area contributed by atoms with E-state index in [-0.39, 0.29) is 16.5 Å². The van der Waals surface area contributed by atoms with Crippen molar-refractivity contribution in [3.8, 4) is 0 Å². The molecule has 0 radical (unpaired) electrons. The third-order valence-corrected chi connectivity index (χ3v) is 5.60. The molecule has 2 N–H and O–H groups in total. The largest absolute Gasteiger partial charge is 0.381 e. The lowest BCUT2D eigenvalue weighted by molar-refractivity contribution is 0.0940. The summed E-state index contributed by atoms with van der Waals surface area (Å²) in [6, 6.07) is 9.85. The normalized spacial score (nSPS) is 11.3. The summed E-state index contributed by atoms with van der Waals surface area (Å²) in [6.07, 6.45) is 2.79. The summed E-state index contributed by atoms with van der Waals surface area (Å²) in [6.45, 7) is 5.41. The quantitative estimate of drug-likeness (QED) is 0.539. The fourth-order valence-electron chi connectivity index (χ4n) is 2.51. The summed E-state index contributed by atoms with van der Waals surface area (Å²) >= 11 is 0. The van der Waals surface area contributed by atoms with Crippen LogP contribution >= 0.6 is 0 Å². The number of anilines is 1. The summed E-state index contributed by atoms with van der Waals surface area (Å²) in [5.74, 6) is -0.902. The van der Waals surface area contributed by atoms with Crippen molar-refractivity contribution < 1.29 is 22.3 Å². The van der Waals surface area contributed by atoms with E-state index in [2.05, 4.69) is 17.0 Å². The number of sulfonamides is 1. The van der Waals surface area contributed by atoms with E-state index in [4.69, 9.17) is 4.74 Å². The van der Waals surface area contributed by atoms with Crippen LogP contribution in [0.3, 0.4) is 0 Å². The van der Waals surface area contributed by atoms with Gasteiger partial charge >= 0.3 is 0 Å². The van der Waals surface area contributed by atoms with Gasteiger partial charge in [-0.15, -0.1) is 0 Å². The average molecular weight is 423 g/mol. The number of nitrogens with one attached hydrogen (secondary N) is 2. The zero-order chi connectivity index (χ0) is 21.3. The minimum absolute atomic E-state index is 0.182. The zero-order valence-electron chi connectivity index (χ0n) is 16.7. The van der Waals surface area contributed by atoms with Gasteiger partial charge in [0.05, 0.1) is 4.90 Å². The number of hydrogen-bond acceptors (Lipinski definition) is 4. The topological polar surface area (TPSA) is 84.5 Å². The lowest BCUT2D eigenvalue weighted by Crippen LogP contribution is -2.25. The van der Waals surface area contributed by atoms with Crippen LogP contribution in [-0.2, 0) is 14.8 Å². The number of amides is 1. The van der Waals surface area contributed by atoms with Crippen molar-refractivity contribution in [2.75, 3.05) is 24.5 Å². The Hall–Kier alpha value is -2.45. The summed E-state index contributed by atoms with van der Waals surface area (Å²) in [4.78, 5) is 12.1. The van der Waals surface area contributed by atoms with Gasteiger partial charge in [0.15, 0.2) is 0 Å². The molecule has 0 fully saturated rings. The molecule has 0 saturated heterocycles. The minimum Gasteiger partial charge on any atom is -0.381 e. The second kappa shape index (κ2) is 10.9. The van der Waals surface area contributed by atoms with Gasteiger partial charge in [0, 0.05) is 31.0 Å². The highest BCUT2D eigenvalue weighted by atomic mass is 32.2. The average Bonchev–Trinajstić information content (AvgIpc) is 2.69. The van der Waals surface area contributed by atoms with E-state index in [0.29, 0.717) is 30.7 Å². The van der Waals surface area contributed by atoms with Crippen LogP contribution in [0.4, 0.5) is 10.1 Å². The SMILES string of the molecule is CCCCOCCCNC(=O)c1cccc(NS(=O)(=O)c2ccc(C)c(F)c2)c1. The molecule has 0 aliphatic rings. The van der Waals surface area contributed by atoms with E-state index in [1.165, 1.54) is 24.3 Å². The number of rotatable bonds is 11. The molecule has 0 saturated carbocycles. The lowest BCUT2D eigenvalue weighted by atomic mass is 10.2. The van der Waals surface area contributed by atoms with E-state index >= 15 is 0 Å². The van der Waals surface area contributed by atoms with Crippen molar-refractivity contribution in [1.82, 2.24) is 5.32 Å². The molecule has 1 amide bonds. The lowest BCUT2D eigenvalue weighted by Gasteiger charge is -2.11. The molecule has 2 aromatic carbocycles. The fraction of sp³-hybridized carbons (Fsp3) is 0.381. The molecule has 0 aliphatic heterocycles. The highest BCUT2D eigenvalue weighted by Gasteiger charge is 2.16. The Morgan fingerprint density at radius 2 is 1.86 bits per heavy atom. The van der Waals surface area contributed by atoms with Crippen molar-refractivity contribution in [2.24, 2.45) is 0 Å². The standard InChI is InChI=1S/C21H27FN2O4S/c1-3-4-12-28-13-6-11-23-21(25)17-7-5-8-18(14-17)24-29(26,27)19-10-9-16(2)20(22)15-19/h5,7-10,14-15,24H,3-4,6,11-13H2,1-2H3,(H,23,25). The molecular formula is C21H27FN2O4S. The molecule has 0 aromatic heterocycles. The molecule has 0 heterocycles. The molecule has 0 spiro atoms. The van der Waals surface area contributed by atoms with Crippen LogP contribution in [0.15, 0.2) is 47.4 Å². The maximum absolute atomic E-state index is 13.7. The maximum atomic E-state index is 13.7. The van der Waals surface area contributed by atoms with E-state index in [0.717, 1.165) is 25.5 Å². The Labute approximate surface area is 171 Å². The molecule has 0 aliphatic carbocycles. The molecular weight excluding hydrogens is 395 g/mol. The molecule has 0 bridgehead atoms. The summed E-state index contributed by atoms with van der Waals surface area (Å²) in [7, 11) is -3.97. The maximum Gasteiger partial charge on any atom is 0.261 e. The number of ether oxygens (including phenoxy) is 1. The molecule has 2 rings (SSSR count). The predicted octanol–water partition coefficient (Wildman–Crippen LogP) is 3.87. The Balaban J connectivity index is 1.94. The first-order valence-corrected chi connectivity index (χ1v) is 11.1. The van der Waals surface area contributed by atoms with E-state index in [9.17, 15) is 17.6 Å². The van der Waals surface area contributed by atoms with Crippen molar-refractivity contribution in [3.05, 3.63) is 59.4 Å². The second-order valence-electron chi connectivity index (χ2n) is 6.67. The van der Waals surface area contributed by atoms with E-state index < -0.39 is 15.8 Å². The van der Waals surface area contributed by atoms with Gasteiger partial charge in [-0.05, 0) is 55.7 Å². The van der Waals surface area contributed by atoms with Crippen LogP contribution in [0.1, 0.15) is 42.1 Å². The first-order valence-electron chi connectivity index (χ1n) is 9.58. The highest BCUT2D eigenvalue weighted by Crippen LogP contribution is 2.19. The van der Waals surface area contributed by atoms with Gasteiger partial charge in [0.2, 0.25) is 0 Å². The molecule has 8 heteroatoms. The van der Waals surface area contributed by atoms with Gasteiger partial charge < -0.3 is 10.1 Å². The van der Waals surface area contributed by atoms with Gasteiger partial charge in [0.1, 0.15) is 5.82 Å². The Kier molecular flexibility index (Phi) is 8.60. The smallest absolute Gasteiger partial charge is 0.261 e. The number of aryl methyl sites for hydroxylation is 1. The molecule has 0 atom stereocenters.